The number of carbonyl (C=O) groups excluding carboxylic acids is 1. The molecule has 0 saturated carbocycles. The number of nitrogen functional groups attached to an aromatic ring is 2. The van der Waals surface area contributed by atoms with Gasteiger partial charge in [0.25, 0.3) is 0 Å². The van der Waals surface area contributed by atoms with Crippen molar-refractivity contribution in [3.8, 4) is 23.5 Å². The molecule has 2 fully saturated rings. The highest BCUT2D eigenvalue weighted by Crippen LogP contribution is 2.37. The number of ether oxygens (including phenoxy) is 2. The Morgan fingerprint density at radius 2 is 1.11 bits per heavy atom. The molecular weight excluding hydrogens is 955 g/mol. The van der Waals surface area contributed by atoms with Crippen LogP contribution in [0.3, 0.4) is 0 Å². The van der Waals surface area contributed by atoms with Gasteiger partial charge in [0.1, 0.15) is 35.3 Å². The van der Waals surface area contributed by atoms with Crippen molar-refractivity contribution < 1.29 is 24.5 Å². The summed E-state index contributed by atoms with van der Waals surface area (Å²) in [5.74, 6) is 1.56. The molecule has 4 aromatic carbocycles. The number of anilines is 4. The summed E-state index contributed by atoms with van der Waals surface area (Å²) in [6, 6.07) is 24.9. The molecule has 1 amide bonds. The lowest BCUT2D eigenvalue weighted by atomic mass is 10.0. The van der Waals surface area contributed by atoms with Gasteiger partial charge in [-0.15, -0.1) is 0 Å². The lowest BCUT2D eigenvalue weighted by molar-refractivity contribution is -0.125. The SMILES string of the molecule is C=CC(=O)N(CC)CC.CCCCC.C[C@@H](Oc1nc(N)c2c(n1)CN(c1cc(O)cc3ccccc13)CC2)[C@H]1CCCN1C.C[C@@H](Oc1nc(N)c2c(n1)CN(c1cc(O)cc3ccccc13)CC2)[C@H]1CCCN1C. The van der Waals surface area contributed by atoms with Crippen molar-refractivity contribution >= 4 is 50.5 Å². The highest BCUT2D eigenvalue weighted by Gasteiger charge is 2.32. The van der Waals surface area contributed by atoms with Crippen molar-refractivity contribution in [2.24, 2.45) is 0 Å². The first-order valence-electron chi connectivity index (χ1n) is 27.6. The van der Waals surface area contributed by atoms with Gasteiger partial charge >= 0.3 is 12.0 Å². The maximum absolute atomic E-state index is 10.8. The number of likely N-dealkylation sites (N-methyl/N-ethyl adjacent to an activating group) is 3. The van der Waals surface area contributed by atoms with E-state index >= 15 is 0 Å². The van der Waals surface area contributed by atoms with E-state index in [1.807, 2.05) is 62.4 Å². The van der Waals surface area contributed by atoms with Gasteiger partial charge in [0.05, 0.1) is 24.5 Å². The minimum atomic E-state index is -0.000317. The maximum Gasteiger partial charge on any atom is 0.318 e. The number of likely N-dealkylation sites (tertiary alicyclic amines) is 2. The number of hydrogen-bond acceptors (Lipinski definition) is 15. The molecule has 10 rings (SSSR count). The molecule has 4 aliphatic rings. The topological polar surface area (TPSA) is 196 Å². The second kappa shape index (κ2) is 26.7. The fourth-order valence-electron chi connectivity index (χ4n) is 11.0. The number of benzene rings is 4. The van der Waals surface area contributed by atoms with E-state index in [1.165, 1.54) is 38.2 Å². The van der Waals surface area contributed by atoms with Crippen molar-refractivity contribution in [2.45, 2.75) is 137 Å². The van der Waals surface area contributed by atoms with E-state index in [2.05, 4.69) is 90.1 Å². The average molecular weight is 1040 g/mol. The molecule has 16 nitrogen and oxygen atoms in total. The van der Waals surface area contributed by atoms with Crippen LogP contribution in [0.4, 0.5) is 23.0 Å². The summed E-state index contributed by atoms with van der Waals surface area (Å²) in [6.45, 7) is 22.4. The molecule has 0 spiro atoms. The van der Waals surface area contributed by atoms with Crippen LogP contribution in [0, 0.1) is 0 Å². The summed E-state index contributed by atoms with van der Waals surface area (Å²) in [6.07, 6.45) is 11.6. The molecule has 0 bridgehead atoms. The molecule has 2 saturated heterocycles. The number of fused-ring (bicyclic) bond motifs is 4. The van der Waals surface area contributed by atoms with Crippen molar-refractivity contribution in [3.63, 3.8) is 0 Å². The van der Waals surface area contributed by atoms with E-state index in [0.717, 1.165) is 120 Å². The summed E-state index contributed by atoms with van der Waals surface area (Å²) < 4.78 is 12.3. The maximum atomic E-state index is 10.8. The number of carbonyl (C=O) groups is 1. The molecule has 4 aliphatic heterocycles. The Hall–Kier alpha value is -6.91. The number of aromatic hydroxyl groups is 2. The zero-order valence-electron chi connectivity index (χ0n) is 46.3. The summed E-state index contributed by atoms with van der Waals surface area (Å²) in [5.41, 5.74) is 18.4. The highest BCUT2D eigenvalue weighted by molar-refractivity contribution is 5.96. The molecule has 0 radical (unpaired) electrons. The first kappa shape index (κ1) is 56.8. The molecule has 76 heavy (non-hydrogen) atoms. The van der Waals surface area contributed by atoms with Gasteiger partial charge in [-0.3, -0.25) is 14.6 Å². The van der Waals surface area contributed by atoms with Crippen molar-refractivity contribution in [2.75, 3.05) is 74.6 Å². The standard InChI is InChI=1S/2C24H29N5O2.C7H13NO.C5H12/c2*1-15(21-8-5-10-28(21)2)31-24-26-20-14-29(11-9-19(20)23(25)27-24)22-13-17(30)12-16-6-3-4-7-18(16)22;1-4-7(9)8(5-2)6-3;1-3-5-4-2/h2*3-4,6-7,12-13,15,21,30H,5,8-11,14H2,1-2H3,(H2,25,26,27);4H,1,5-6H2,2-3H3;3-5H2,1-2H3/t2*15-,21-;;/m11../s1. The van der Waals surface area contributed by atoms with Crippen LogP contribution in [0.1, 0.15) is 109 Å². The van der Waals surface area contributed by atoms with Crippen LogP contribution >= 0.6 is 0 Å². The van der Waals surface area contributed by atoms with E-state index in [1.54, 1.807) is 17.0 Å². The number of aromatic nitrogens is 4. The summed E-state index contributed by atoms with van der Waals surface area (Å²) in [5, 5.41) is 24.8. The van der Waals surface area contributed by atoms with Gasteiger partial charge in [-0.2, -0.15) is 19.9 Å². The van der Waals surface area contributed by atoms with Gasteiger partial charge in [-0.1, -0.05) is 88.2 Å². The molecule has 0 aliphatic carbocycles. The minimum absolute atomic E-state index is 0.000317. The van der Waals surface area contributed by atoms with Gasteiger partial charge in [-0.25, -0.2) is 0 Å². The third-order valence-corrected chi connectivity index (χ3v) is 15.3. The predicted molar refractivity (Wildman–Crippen MR) is 308 cm³/mol. The first-order chi connectivity index (χ1) is 36.7. The summed E-state index contributed by atoms with van der Waals surface area (Å²) in [7, 11) is 4.27. The number of nitrogens with two attached hydrogens (primary N) is 2. The number of unbranched alkanes of at least 4 members (excludes halogenated alkanes) is 2. The third-order valence-electron chi connectivity index (χ3n) is 15.3. The number of phenols is 2. The molecule has 408 valence electrons. The quantitative estimate of drug-likeness (QED) is 0.0798. The number of rotatable bonds is 13. The largest absolute Gasteiger partial charge is 0.508 e. The Morgan fingerprint density at radius 1 is 0.684 bits per heavy atom. The molecule has 2 aromatic heterocycles. The summed E-state index contributed by atoms with van der Waals surface area (Å²) >= 11 is 0. The lowest BCUT2D eigenvalue weighted by Gasteiger charge is -2.32. The molecule has 16 heteroatoms. The van der Waals surface area contributed by atoms with E-state index in [4.69, 9.17) is 30.9 Å². The lowest BCUT2D eigenvalue weighted by Crippen LogP contribution is -2.38. The fraction of sp³-hybridized carbons (Fsp3) is 0.483. The normalized spacial score (nSPS) is 17.9. The number of nitrogens with zero attached hydrogens (tertiary/aromatic N) is 9. The van der Waals surface area contributed by atoms with E-state index in [9.17, 15) is 15.0 Å². The smallest absolute Gasteiger partial charge is 0.318 e. The first-order valence-corrected chi connectivity index (χ1v) is 27.6. The monoisotopic (exact) mass is 1040 g/mol. The molecule has 6 aromatic rings. The predicted octanol–water partition coefficient (Wildman–Crippen LogP) is 9.92. The van der Waals surface area contributed by atoms with Crippen molar-refractivity contribution in [3.05, 3.63) is 108 Å². The Labute approximate surface area is 450 Å². The van der Waals surface area contributed by atoms with Gasteiger partial charge in [-0.05, 0) is 122 Å². The molecule has 6 heterocycles. The van der Waals surface area contributed by atoms with Crippen LogP contribution in [0.15, 0.2) is 85.5 Å². The second-order valence-corrected chi connectivity index (χ2v) is 20.4. The number of amides is 1. The van der Waals surface area contributed by atoms with Crippen molar-refractivity contribution in [1.29, 1.82) is 0 Å². The summed E-state index contributed by atoms with van der Waals surface area (Å²) in [4.78, 5) is 40.1. The second-order valence-electron chi connectivity index (χ2n) is 20.4. The highest BCUT2D eigenvalue weighted by atomic mass is 16.5. The molecule has 0 unspecified atom stereocenters. The molecule has 4 atom stereocenters. The van der Waals surface area contributed by atoms with Crippen molar-refractivity contribution in [1.82, 2.24) is 34.6 Å². The van der Waals surface area contributed by atoms with E-state index in [0.29, 0.717) is 48.8 Å². The van der Waals surface area contributed by atoms with Gasteiger partial charge in [0.2, 0.25) is 5.91 Å². The Bertz CT molecular complexity index is 2720. The zero-order valence-corrected chi connectivity index (χ0v) is 46.3. The zero-order chi connectivity index (χ0) is 54.5. The fourth-order valence-corrected chi connectivity index (χ4v) is 11.0. The van der Waals surface area contributed by atoms with Gasteiger partial charge in [0.15, 0.2) is 0 Å². The van der Waals surface area contributed by atoms with Crippen LogP contribution in [0.2, 0.25) is 0 Å². The van der Waals surface area contributed by atoms with Crippen LogP contribution in [0.25, 0.3) is 21.5 Å². The van der Waals surface area contributed by atoms with Gasteiger partial charge in [0, 0.05) is 83.7 Å². The Kier molecular flexibility index (Phi) is 20.0. The Morgan fingerprint density at radius 3 is 1.45 bits per heavy atom. The van der Waals surface area contributed by atoms with Crippen LogP contribution < -0.4 is 30.7 Å². The average Bonchev–Trinajstić information content (AvgIpc) is 4.06. The molecule has 6 N–H and O–H groups in total. The van der Waals surface area contributed by atoms with Crippen LogP contribution in [-0.2, 0) is 30.7 Å². The number of hydrogen-bond donors (Lipinski definition) is 4. The van der Waals surface area contributed by atoms with Crippen LogP contribution in [0.5, 0.6) is 23.5 Å². The van der Waals surface area contributed by atoms with Crippen LogP contribution in [-0.4, -0.2) is 128 Å². The number of phenolic OH excluding ortho intramolecular Hbond substituents is 2. The van der Waals surface area contributed by atoms with E-state index in [-0.39, 0.29) is 29.6 Å². The minimum Gasteiger partial charge on any atom is -0.508 e. The Balaban J connectivity index is 0.000000177. The molecular formula is C60H83N11O5. The van der Waals surface area contributed by atoms with E-state index < -0.39 is 0 Å². The van der Waals surface area contributed by atoms with Gasteiger partial charge < -0.3 is 45.9 Å². The third kappa shape index (κ3) is 13.9.